The molecule has 0 bridgehead atoms. The molecule has 0 nitrogen and oxygen atoms in total. The topological polar surface area (TPSA) is 0 Å². The molecule has 0 spiro atoms. The van der Waals surface area contributed by atoms with Gasteiger partial charge in [0.05, 0.1) is 0 Å². The first-order chi connectivity index (χ1) is 12.9. The molecule has 1 aromatic carbocycles. The molecule has 0 saturated carbocycles. The van der Waals surface area contributed by atoms with E-state index in [2.05, 4.69) is 66.1 Å². The van der Waals surface area contributed by atoms with Crippen LogP contribution in [0.3, 0.4) is 0 Å². The summed E-state index contributed by atoms with van der Waals surface area (Å²) in [6.45, 7) is 7.30. The van der Waals surface area contributed by atoms with Gasteiger partial charge in [-0.3, -0.25) is 0 Å². The summed E-state index contributed by atoms with van der Waals surface area (Å²) in [6.07, 6.45) is 22.8. The second-order valence-corrected chi connectivity index (χ2v) is 22.5. The molecule has 0 aliphatic rings. The summed E-state index contributed by atoms with van der Waals surface area (Å²) >= 11 is 4.19. The quantitative estimate of drug-likeness (QED) is 0.161. The summed E-state index contributed by atoms with van der Waals surface area (Å²) in [5.41, 5.74) is 1.49. The van der Waals surface area contributed by atoms with Gasteiger partial charge in [-0.25, -0.2) is 0 Å². The van der Waals surface area contributed by atoms with Crippen molar-refractivity contribution in [1.82, 2.24) is 0 Å². The Labute approximate surface area is 179 Å². The van der Waals surface area contributed by atoms with E-state index in [-0.39, 0.29) is 0 Å². The Morgan fingerprint density at radius 1 is 0.630 bits per heavy atom. The molecular weight excluding hydrogens is 411 g/mol. The molecule has 0 amide bonds. The normalized spacial score (nSPS) is 13.4. The molecule has 0 aliphatic carbocycles. The Kier molecular flexibility index (Phi) is 13.2. The van der Waals surface area contributed by atoms with Crippen molar-refractivity contribution in [2.75, 3.05) is 19.5 Å². The monoisotopic (exact) mass is 456 g/mol. The summed E-state index contributed by atoms with van der Waals surface area (Å²) in [5, 5.41) is -1.71. The van der Waals surface area contributed by atoms with Gasteiger partial charge in [0.25, 0.3) is 0 Å². The van der Waals surface area contributed by atoms with Crippen LogP contribution in [-0.2, 0) is 6.16 Å². The van der Waals surface area contributed by atoms with E-state index in [1.54, 1.807) is 0 Å². The maximum absolute atomic E-state index is 4.19. The van der Waals surface area contributed by atoms with Gasteiger partial charge in [-0.05, 0) is 0 Å². The standard InChI is InChI=1S/C25H46BrP/c1-4-5-6-7-8-9-10-11-12-13-14-15-16-20-23-27(2,3,26)24-25-21-18-17-19-22-25/h17-19,21-22H,4-16,20,23-24H2,1-3H3. The van der Waals surface area contributed by atoms with Crippen LogP contribution in [0, 0.1) is 0 Å². The molecule has 0 radical (unpaired) electrons. The van der Waals surface area contributed by atoms with Gasteiger partial charge >= 0.3 is 153 Å². The summed E-state index contributed by atoms with van der Waals surface area (Å²) in [6, 6.07) is 11.0. The van der Waals surface area contributed by atoms with Crippen LogP contribution in [0.1, 0.15) is 102 Å². The molecular formula is C25H46BrP. The maximum atomic E-state index is 4.19. The SMILES string of the molecule is CCCCCCCCCCCCCCCCP(C)(C)(Br)Cc1ccccc1. The minimum atomic E-state index is -1.71. The van der Waals surface area contributed by atoms with Gasteiger partial charge in [0, 0.05) is 0 Å². The van der Waals surface area contributed by atoms with Gasteiger partial charge in [-0.2, -0.15) is 0 Å². The van der Waals surface area contributed by atoms with Gasteiger partial charge in [0.1, 0.15) is 0 Å². The van der Waals surface area contributed by atoms with E-state index in [4.69, 9.17) is 0 Å². The zero-order valence-electron chi connectivity index (χ0n) is 18.5. The molecule has 1 aromatic rings. The molecule has 0 aromatic heterocycles. The van der Waals surface area contributed by atoms with Gasteiger partial charge in [-0.1, -0.05) is 26.2 Å². The van der Waals surface area contributed by atoms with Crippen LogP contribution in [-0.4, -0.2) is 19.5 Å². The van der Waals surface area contributed by atoms with Crippen LogP contribution in [0.5, 0.6) is 0 Å². The van der Waals surface area contributed by atoms with E-state index in [0.29, 0.717) is 0 Å². The first-order valence-corrected chi connectivity index (χ1v) is 17.2. The molecule has 0 atom stereocenters. The molecule has 158 valence electrons. The third-order valence-electron chi connectivity index (χ3n) is 5.71. The Bertz CT molecular complexity index is 460. The predicted molar refractivity (Wildman–Crippen MR) is 133 cm³/mol. The third-order valence-corrected chi connectivity index (χ3v) is 10.6. The van der Waals surface area contributed by atoms with Crippen molar-refractivity contribution in [1.29, 1.82) is 0 Å². The van der Waals surface area contributed by atoms with E-state index >= 15 is 0 Å². The summed E-state index contributed by atoms with van der Waals surface area (Å²) in [4.78, 5) is 0. The fourth-order valence-electron chi connectivity index (χ4n) is 4.02. The summed E-state index contributed by atoms with van der Waals surface area (Å²) < 4.78 is 0. The molecule has 27 heavy (non-hydrogen) atoms. The van der Waals surface area contributed by atoms with Crippen LogP contribution in [0.15, 0.2) is 30.3 Å². The van der Waals surface area contributed by atoms with Crippen molar-refractivity contribution < 1.29 is 0 Å². The molecule has 0 N–H and O–H groups in total. The third kappa shape index (κ3) is 14.7. The van der Waals surface area contributed by atoms with Crippen LogP contribution < -0.4 is 0 Å². The fourth-order valence-corrected chi connectivity index (χ4v) is 8.34. The zero-order valence-corrected chi connectivity index (χ0v) is 21.0. The Balaban J connectivity index is 1.96. The van der Waals surface area contributed by atoms with Crippen molar-refractivity contribution in [2.24, 2.45) is 0 Å². The van der Waals surface area contributed by atoms with Crippen LogP contribution >= 0.6 is 20.8 Å². The average molecular weight is 458 g/mol. The van der Waals surface area contributed by atoms with Crippen molar-refractivity contribution in [3.05, 3.63) is 35.9 Å². The number of halogens is 1. The van der Waals surface area contributed by atoms with E-state index in [0.717, 1.165) is 0 Å². The minimum absolute atomic E-state index is 1.23. The van der Waals surface area contributed by atoms with E-state index in [1.165, 1.54) is 108 Å². The van der Waals surface area contributed by atoms with Crippen LogP contribution in [0.4, 0.5) is 0 Å². The van der Waals surface area contributed by atoms with Crippen LogP contribution in [0.2, 0.25) is 0 Å². The first-order valence-electron chi connectivity index (χ1n) is 11.7. The summed E-state index contributed by atoms with van der Waals surface area (Å²) in [7, 11) is 0. The van der Waals surface area contributed by atoms with Gasteiger partial charge in [0.15, 0.2) is 0 Å². The number of rotatable bonds is 17. The number of hydrogen-bond donors (Lipinski definition) is 0. The second kappa shape index (κ2) is 14.2. The molecule has 2 heteroatoms. The molecule has 1 rings (SSSR count). The fraction of sp³-hybridized carbons (Fsp3) is 0.760. The van der Waals surface area contributed by atoms with E-state index in [9.17, 15) is 0 Å². The molecule has 0 unspecified atom stereocenters. The zero-order chi connectivity index (χ0) is 19.9. The van der Waals surface area contributed by atoms with E-state index in [1.807, 2.05) is 0 Å². The Hall–Kier alpha value is 0.130. The predicted octanol–water partition coefficient (Wildman–Crippen LogP) is 9.79. The molecule has 0 fully saturated rings. The van der Waals surface area contributed by atoms with Gasteiger partial charge in [-0.15, -0.1) is 0 Å². The van der Waals surface area contributed by atoms with Crippen molar-refractivity contribution >= 4 is 20.8 Å². The Morgan fingerprint density at radius 3 is 1.48 bits per heavy atom. The number of benzene rings is 1. The summed E-state index contributed by atoms with van der Waals surface area (Å²) in [5.74, 6) is 0. The number of unbranched alkanes of at least 4 members (excludes halogenated alkanes) is 13. The second-order valence-electron chi connectivity index (χ2n) is 9.48. The molecule has 0 aliphatic heterocycles. The molecule has 0 heterocycles. The van der Waals surface area contributed by atoms with Gasteiger partial charge < -0.3 is 0 Å². The van der Waals surface area contributed by atoms with E-state index < -0.39 is 5.31 Å². The average Bonchev–Trinajstić information content (AvgIpc) is 2.62. The molecule has 0 saturated heterocycles. The van der Waals surface area contributed by atoms with Crippen LogP contribution in [0.25, 0.3) is 0 Å². The van der Waals surface area contributed by atoms with Crippen molar-refractivity contribution in [3.63, 3.8) is 0 Å². The first kappa shape index (κ1) is 25.2. The van der Waals surface area contributed by atoms with Gasteiger partial charge in [0.2, 0.25) is 0 Å². The number of hydrogen-bond acceptors (Lipinski definition) is 0. The van der Waals surface area contributed by atoms with Crippen molar-refractivity contribution in [2.45, 2.75) is 103 Å². The van der Waals surface area contributed by atoms with Crippen molar-refractivity contribution in [3.8, 4) is 0 Å². The Morgan fingerprint density at radius 2 is 1.04 bits per heavy atom.